The van der Waals surface area contributed by atoms with Crippen LogP contribution in [0.4, 0.5) is 0 Å². The Morgan fingerprint density at radius 1 is 1.30 bits per heavy atom. The number of hydrogen-bond donors (Lipinski definition) is 1. The molecule has 1 atom stereocenters. The van der Waals surface area contributed by atoms with Crippen LogP contribution in [0.15, 0.2) is 41.0 Å². The van der Waals surface area contributed by atoms with Crippen molar-refractivity contribution in [3.05, 3.63) is 53.5 Å². The predicted molar refractivity (Wildman–Crippen MR) is 90.7 cm³/mol. The molecule has 0 aliphatic rings. The zero-order chi connectivity index (χ0) is 16.7. The third-order valence-electron chi connectivity index (χ3n) is 3.74. The largest absolute Gasteiger partial charge is 0.480 e. The average molecular weight is 315 g/mol. The number of aryl methyl sites for hydroxylation is 3. The van der Waals surface area contributed by atoms with E-state index in [1.54, 1.807) is 6.26 Å². The molecule has 0 fully saturated rings. The van der Waals surface area contributed by atoms with Gasteiger partial charge in [-0.25, -0.2) is 0 Å². The van der Waals surface area contributed by atoms with Crippen molar-refractivity contribution in [2.24, 2.45) is 0 Å². The topological polar surface area (TPSA) is 51.5 Å². The highest BCUT2D eigenvalue weighted by molar-refractivity contribution is 5.81. The molecular formula is C19H25NO3. The van der Waals surface area contributed by atoms with Gasteiger partial charge in [0.15, 0.2) is 6.10 Å². The summed E-state index contributed by atoms with van der Waals surface area (Å²) in [5, 5.41) is 2.94. The normalized spacial score (nSPS) is 12.0. The Kier molecular flexibility index (Phi) is 6.27. The van der Waals surface area contributed by atoms with E-state index in [4.69, 9.17) is 9.15 Å². The molecule has 124 valence electrons. The quantitative estimate of drug-likeness (QED) is 0.754. The number of rotatable bonds is 8. The summed E-state index contributed by atoms with van der Waals surface area (Å²) in [6, 6.07) is 9.80. The first kappa shape index (κ1) is 17.1. The molecule has 2 aromatic rings. The van der Waals surface area contributed by atoms with E-state index in [0.717, 1.165) is 29.9 Å². The Hall–Kier alpha value is -2.23. The lowest BCUT2D eigenvalue weighted by atomic mass is 10.1. The molecule has 4 heteroatoms. The maximum absolute atomic E-state index is 12.3. The van der Waals surface area contributed by atoms with Gasteiger partial charge in [-0.2, -0.15) is 0 Å². The van der Waals surface area contributed by atoms with Crippen LogP contribution < -0.4 is 10.1 Å². The Bertz CT molecular complexity index is 620. The molecule has 1 amide bonds. The van der Waals surface area contributed by atoms with Gasteiger partial charge >= 0.3 is 0 Å². The van der Waals surface area contributed by atoms with Crippen molar-refractivity contribution in [1.82, 2.24) is 5.32 Å². The summed E-state index contributed by atoms with van der Waals surface area (Å²) >= 11 is 0. The molecule has 0 saturated carbocycles. The summed E-state index contributed by atoms with van der Waals surface area (Å²) in [7, 11) is 0. The van der Waals surface area contributed by atoms with Crippen LogP contribution in [-0.4, -0.2) is 18.6 Å². The summed E-state index contributed by atoms with van der Waals surface area (Å²) < 4.78 is 11.2. The third-order valence-corrected chi connectivity index (χ3v) is 3.74. The fraction of sp³-hybridized carbons (Fsp3) is 0.421. The van der Waals surface area contributed by atoms with Crippen molar-refractivity contribution in [3.63, 3.8) is 0 Å². The Balaban J connectivity index is 1.81. The number of amides is 1. The van der Waals surface area contributed by atoms with Gasteiger partial charge in [0.2, 0.25) is 0 Å². The van der Waals surface area contributed by atoms with Crippen molar-refractivity contribution in [3.8, 4) is 5.75 Å². The van der Waals surface area contributed by atoms with Crippen LogP contribution in [0.25, 0.3) is 0 Å². The maximum atomic E-state index is 12.3. The average Bonchev–Trinajstić information content (AvgIpc) is 3.04. The summed E-state index contributed by atoms with van der Waals surface area (Å²) in [5.74, 6) is 1.65. The molecule has 1 unspecified atom stereocenters. The highest BCUT2D eigenvalue weighted by atomic mass is 16.5. The van der Waals surface area contributed by atoms with E-state index in [2.05, 4.69) is 11.4 Å². The van der Waals surface area contributed by atoms with Crippen molar-refractivity contribution < 1.29 is 13.9 Å². The summed E-state index contributed by atoms with van der Waals surface area (Å²) in [4.78, 5) is 12.3. The SMILES string of the molecule is CCC(Oc1ccc(C)cc1C)C(=O)NCCCc1ccco1. The maximum Gasteiger partial charge on any atom is 0.261 e. The van der Waals surface area contributed by atoms with E-state index >= 15 is 0 Å². The van der Waals surface area contributed by atoms with Crippen molar-refractivity contribution in [2.75, 3.05) is 6.54 Å². The van der Waals surface area contributed by atoms with Crippen LogP contribution >= 0.6 is 0 Å². The predicted octanol–water partition coefficient (Wildman–Crippen LogP) is 3.80. The van der Waals surface area contributed by atoms with E-state index < -0.39 is 6.10 Å². The number of carbonyl (C=O) groups is 1. The van der Waals surface area contributed by atoms with Gasteiger partial charge in [0.25, 0.3) is 5.91 Å². The van der Waals surface area contributed by atoms with Gasteiger partial charge in [0.05, 0.1) is 6.26 Å². The van der Waals surface area contributed by atoms with Crippen LogP contribution in [0.1, 0.15) is 36.7 Å². The van der Waals surface area contributed by atoms with Gasteiger partial charge in [-0.1, -0.05) is 24.6 Å². The molecule has 0 aliphatic heterocycles. The zero-order valence-corrected chi connectivity index (χ0v) is 14.1. The van der Waals surface area contributed by atoms with Crippen molar-refractivity contribution >= 4 is 5.91 Å². The highest BCUT2D eigenvalue weighted by Gasteiger charge is 2.18. The van der Waals surface area contributed by atoms with Crippen LogP contribution in [0, 0.1) is 13.8 Å². The van der Waals surface area contributed by atoms with Gasteiger partial charge in [-0.15, -0.1) is 0 Å². The van der Waals surface area contributed by atoms with Gasteiger partial charge in [0.1, 0.15) is 11.5 Å². The Labute approximate surface area is 137 Å². The molecule has 1 heterocycles. The second kappa shape index (κ2) is 8.42. The molecule has 1 aromatic heterocycles. The van der Waals surface area contributed by atoms with Gasteiger partial charge in [-0.3, -0.25) is 4.79 Å². The lowest BCUT2D eigenvalue weighted by molar-refractivity contribution is -0.128. The van der Waals surface area contributed by atoms with Crippen molar-refractivity contribution in [1.29, 1.82) is 0 Å². The molecule has 0 saturated heterocycles. The zero-order valence-electron chi connectivity index (χ0n) is 14.1. The van der Waals surface area contributed by atoms with E-state index in [9.17, 15) is 4.79 Å². The molecule has 23 heavy (non-hydrogen) atoms. The number of hydrogen-bond acceptors (Lipinski definition) is 3. The van der Waals surface area contributed by atoms with E-state index in [0.29, 0.717) is 13.0 Å². The van der Waals surface area contributed by atoms with Gasteiger partial charge < -0.3 is 14.5 Å². The van der Waals surface area contributed by atoms with Crippen LogP contribution in [-0.2, 0) is 11.2 Å². The molecule has 0 aliphatic carbocycles. The molecule has 0 spiro atoms. The van der Waals surface area contributed by atoms with Crippen LogP contribution in [0.5, 0.6) is 5.75 Å². The first-order chi connectivity index (χ1) is 11.1. The van der Waals surface area contributed by atoms with E-state index in [1.807, 2.05) is 45.0 Å². The van der Waals surface area contributed by atoms with Gasteiger partial charge in [0, 0.05) is 13.0 Å². The molecule has 1 aromatic carbocycles. The fourth-order valence-electron chi connectivity index (χ4n) is 2.45. The minimum absolute atomic E-state index is 0.0630. The minimum atomic E-state index is -0.458. The number of carbonyl (C=O) groups excluding carboxylic acids is 1. The minimum Gasteiger partial charge on any atom is -0.480 e. The lowest BCUT2D eigenvalue weighted by Crippen LogP contribution is -2.38. The Morgan fingerprint density at radius 2 is 2.13 bits per heavy atom. The molecule has 4 nitrogen and oxygen atoms in total. The molecule has 0 radical (unpaired) electrons. The fourth-order valence-corrected chi connectivity index (χ4v) is 2.45. The summed E-state index contributed by atoms with van der Waals surface area (Å²) in [5.41, 5.74) is 2.24. The van der Waals surface area contributed by atoms with E-state index in [-0.39, 0.29) is 5.91 Å². The third kappa shape index (κ3) is 5.16. The number of ether oxygens (including phenoxy) is 1. The standard InChI is InChI=1S/C19H25NO3/c1-4-17(23-18-10-9-14(2)13-15(18)3)19(21)20-11-5-7-16-8-6-12-22-16/h6,8-10,12-13,17H,4-5,7,11H2,1-3H3,(H,20,21). The second-order valence-electron chi connectivity index (χ2n) is 5.76. The molecular weight excluding hydrogens is 290 g/mol. The summed E-state index contributed by atoms with van der Waals surface area (Å²) in [6.07, 6.45) is 3.51. The summed E-state index contributed by atoms with van der Waals surface area (Å²) in [6.45, 7) is 6.61. The second-order valence-corrected chi connectivity index (χ2v) is 5.76. The first-order valence-corrected chi connectivity index (χ1v) is 8.14. The number of nitrogens with one attached hydrogen (secondary N) is 1. The number of furan rings is 1. The lowest BCUT2D eigenvalue weighted by Gasteiger charge is -2.18. The first-order valence-electron chi connectivity index (χ1n) is 8.14. The molecule has 2 rings (SSSR count). The monoisotopic (exact) mass is 315 g/mol. The number of benzene rings is 1. The highest BCUT2D eigenvalue weighted by Crippen LogP contribution is 2.20. The van der Waals surface area contributed by atoms with E-state index in [1.165, 1.54) is 5.56 Å². The molecule has 1 N–H and O–H groups in total. The van der Waals surface area contributed by atoms with Crippen molar-refractivity contribution in [2.45, 2.75) is 46.1 Å². The Morgan fingerprint density at radius 3 is 2.78 bits per heavy atom. The molecule has 0 bridgehead atoms. The van der Waals surface area contributed by atoms with Crippen LogP contribution in [0.3, 0.4) is 0 Å². The van der Waals surface area contributed by atoms with Crippen LogP contribution in [0.2, 0.25) is 0 Å². The van der Waals surface area contributed by atoms with Gasteiger partial charge in [-0.05, 0) is 50.5 Å². The smallest absolute Gasteiger partial charge is 0.261 e.